The smallest absolute Gasteiger partial charge is 0.00135 e. The Hall–Kier alpha value is -4.68. The van der Waals surface area contributed by atoms with Gasteiger partial charge in [-0.15, -0.1) is 0 Å². The Morgan fingerprint density at radius 1 is 0.487 bits per heavy atom. The highest BCUT2D eigenvalue weighted by Crippen LogP contribution is 2.46. The van der Waals surface area contributed by atoms with Gasteiger partial charge < -0.3 is 0 Å². The van der Waals surface area contributed by atoms with Gasteiger partial charge in [0, 0.05) is 0 Å². The van der Waals surface area contributed by atoms with E-state index >= 15 is 0 Å². The van der Waals surface area contributed by atoms with Crippen LogP contribution < -0.4 is 0 Å². The molecule has 0 amide bonds. The van der Waals surface area contributed by atoms with Crippen molar-refractivity contribution in [2.24, 2.45) is 0 Å². The number of hydrogen-bond acceptors (Lipinski definition) is 0. The molecule has 0 saturated heterocycles. The Kier molecular flexibility index (Phi) is 4.81. The quantitative estimate of drug-likeness (QED) is 0.213. The Morgan fingerprint density at radius 2 is 1.08 bits per heavy atom. The van der Waals surface area contributed by atoms with Crippen LogP contribution in [0.1, 0.15) is 27.8 Å². The number of fused-ring (bicyclic) bond motifs is 1. The van der Waals surface area contributed by atoms with Crippen molar-refractivity contribution < 1.29 is 0 Å². The van der Waals surface area contributed by atoms with Gasteiger partial charge in [0.1, 0.15) is 0 Å². The third-order valence-corrected chi connectivity index (χ3v) is 8.62. The zero-order valence-corrected chi connectivity index (χ0v) is 22.3. The summed E-state index contributed by atoms with van der Waals surface area (Å²) in [7, 11) is 0. The summed E-state index contributed by atoms with van der Waals surface area (Å²) in [5, 5.41) is 8.05. The van der Waals surface area contributed by atoms with Gasteiger partial charge in [-0.1, -0.05) is 126 Å². The fourth-order valence-electron chi connectivity index (χ4n) is 6.57. The molecule has 0 atom stereocenters. The lowest BCUT2D eigenvalue weighted by atomic mass is 9.83. The summed E-state index contributed by atoms with van der Waals surface area (Å²) in [6, 6.07) is 43.2. The summed E-state index contributed by atoms with van der Waals surface area (Å²) in [6.45, 7) is 4.31. The Morgan fingerprint density at radius 3 is 1.79 bits per heavy atom. The third kappa shape index (κ3) is 3.45. The number of hydrogen-bond donors (Lipinski definition) is 0. The van der Waals surface area contributed by atoms with E-state index in [1.807, 2.05) is 0 Å². The molecule has 7 aromatic carbocycles. The van der Waals surface area contributed by atoms with Crippen LogP contribution in [-0.2, 0) is 6.42 Å². The van der Waals surface area contributed by atoms with Crippen LogP contribution in [0.4, 0.5) is 0 Å². The second kappa shape index (κ2) is 8.41. The summed E-state index contributed by atoms with van der Waals surface area (Å²) in [6.07, 6.45) is 3.38. The normalized spacial score (nSPS) is 12.9. The van der Waals surface area contributed by atoms with E-state index in [1.165, 1.54) is 88.0 Å². The molecule has 0 bridgehead atoms. The molecular weight excluding hydrogens is 468 g/mol. The van der Waals surface area contributed by atoms with Crippen LogP contribution in [-0.4, -0.2) is 0 Å². The third-order valence-electron chi connectivity index (χ3n) is 8.62. The molecule has 0 heteroatoms. The summed E-state index contributed by atoms with van der Waals surface area (Å²) in [5.74, 6) is 0. The summed E-state index contributed by atoms with van der Waals surface area (Å²) >= 11 is 0. The molecule has 1 aliphatic carbocycles. The first-order chi connectivity index (χ1) is 19.1. The largest absolute Gasteiger partial charge is 0.0619 e. The molecule has 0 aliphatic heterocycles. The van der Waals surface area contributed by atoms with Crippen molar-refractivity contribution in [3.8, 4) is 22.3 Å². The van der Waals surface area contributed by atoms with Crippen LogP contribution in [0.2, 0.25) is 0 Å². The van der Waals surface area contributed by atoms with E-state index < -0.39 is 0 Å². The molecular formula is C39H28. The van der Waals surface area contributed by atoms with E-state index in [2.05, 4.69) is 135 Å². The van der Waals surface area contributed by atoms with Crippen LogP contribution in [0.5, 0.6) is 0 Å². The number of rotatable bonds is 3. The van der Waals surface area contributed by atoms with Gasteiger partial charge in [0.15, 0.2) is 0 Å². The minimum atomic E-state index is 0.974. The second-order valence-electron chi connectivity index (χ2n) is 11.1. The summed E-state index contributed by atoms with van der Waals surface area (Å²) < 4.78 is 0. The van der Waals surface area contributed by atoms with Crippen molar-refractivity contribution in [2.75, 3.05) is 0 Å². The molecule has 0 spiro atoms. The molecule has 0 unspecified atom stereocenters. The molecule has 0 nitrogen and oxygen atoms in total. The van der Waals surface area contributed by atoms with E-state index in [0.717, 1.165) is 6.42 Å². The molecule has 8 rings (SSSR count). The van der Waals surface area contributed by atoms with Crippen molar-refractivity contribution in [2.45, 2.75) is 20.3 Å². The Labute approximate surface area is 229 Å². The van der Waals surface area contributed by atoms with Gasteiger partial charge in [0.2, 0.25) is 0 Å². The predicted octanol–water partition coefficient (Wildman–Crippen LogP) is 10.6. The van der Waals surface area contributed by atoms with Gasteiger partial charge in [0.05, 0.1) is 0 Å². The van der Waals surface area contributed by atoms with Crippen molar-refractivity contribution in [3.63, 3.8) is 0 Å². The number of allylic oxidation sites excluding steroid dienone is 1. The van der Waals surface area contributed by atoms with E-state index in [-0.39, 0.29) is 0 Å². The molecule has 0 radical (unpaired) electrons. The van der Waals surface area contributed by atoms with E-state index in [0.29, 0.717) is 0 Å². The zero-order chi connectivity index (χ0) is 26.1. The molecule has 1 aliphatic rings. The molecule has 0 saturated carbocycles. The SMILES string of the molecule is Cc1ccc(-c2ccc3ccc4c(-c5ccc(C)cc5)cc(C5=Cc6ccccc6C5)c5ccc2c3c54)cc1. The molecule has 0 fully saturated rings. The first-order valence-electron chi connectivity index (χ1n) is 13.8. The Bertz CT molecular complexity index is 2070. The fourth-order valence-corrected chi connectivity index (χ4v) is 6.57. The van der Waals surface area contributed by atoms with Gasteiger partial charge in [-0.3, -0.25) is 0 Å². The standard InChI is InChI=1S/C39H28/c1-24-7-11-26(12-8-24)32-17-15-28-16-18-34-36(27-13-9-25(2)10-14-27)23-37(35-20-19-33(32)38(28)39(34)35)31-21-29-5-3-4-6-30(29)22-31/h3-21,23H,22H2,1-2H3. The maximum atomic E-state index is 2.45. The van der Waals surface area contributed by atoms with E-state index in [1.54, 1.807) is 0 Å². The minimum absolute atomic E-state index is 0.974. The zero-order valence-electron chi connectivity index (χ0n) is 22.3. The van der Waals surface area contributed by atoms with Gasteiger partial charge in [-0.05, 0) is 103 Å². The average molecular weight is 497 g/mol. The highest BCUT2D eigenvalue weighted by atomic mass is 14.2. The number of aryl methyl sites for hydroxylation is 2. The second-order valence-corrected chi connectivity index (χ2v) is 11.1. The maximum absolute atomic E-state index is 2.45. The first kappa shape index (κ1) is 22.3. The lowest BCUT2D eigenvalue weighted by molar-refractivity contribution is 1.32. The van der Waals surface area contributed by atoms with Crippen LogP contribution in [0.25, 0.3) is 66.2 Å². The average Bonchev–Trinajstić information content (AvgIpc) is 3.41. The molecule has 39 heavy (non-hydrogen) atoms. The van der Waals surface area contributed by atoms with Crippen LogP contribution in [0.3, 0.4) is 0 Å². The van der Waals surface area contributed by atoms with Crippen molar-refractivity contribution in [3.05, 3.63) is 143 Å². The van der Waals surface area contributed by atoms with Crippen LogP contribution in [0, 0.1) is 13.8 Å². The lowest BCUT2D eigenvalue weighted by Gasteiger charge is -2.20. The molecule has 0 aromatic heterocycles. The molecule has 0 N–H and O–H groups in total. The molecule has 184 valence electrons. The van der Waals surface area contributed by atoms with E-state index in [9.17, 15) is 0 Å². The van der Waals surface area contributed by atoms with E-state index in [4.69, 9.17) is 0 Å². The monoisotopic (exact) mass is 496 g/mol. The predicted molar refractivity (Wildman–Crippen MR) is 169 cm³/mol. The van der Waals surface area contributed by atoms with Crippen molar-refractivity contribution in [1.29, 1.82) is 0 Å². The highest BCUT2D eigenvalue weighted by molar-refractivity contribution is 6.29. The van der Waals surface area contributed by atoms with Gasteiger partial charge in [-0.2, -0.15) is 0 Å². The molecule has 0 heterocycles. The minimum Gasteiger partial charge on any atom is -0.0619 e. The lowest BCUT2D eigenvalue weighted by Crippen LogP contribution is -1.95. The topological polar surface area (TPSA) is 0 Å². The molecule has 7 aromatic rings. The van der Waals surface area contributed by atoms with Gasteiger partial charge >= 0.3 is 0 Å². The maximum Gasteiger partial charge on any atom is -0.00135 e. The summed E-state index contributed by atoms with van der Waals surface area (Å²) in [4.78, 5) is 0. The van der Waals surface area contributed by atoms with Gasteiger partial charge in [0.25, 0.3) is 0 Å². The van der Waals surface area contributed by atoms with Crippen LogP contribution in [0.15, 0.2) is 115 Å². The number of benzene rings is 7. The fraction of sp³-hybridized carbons (Fsp3) is 0.0769. The van der Waals surface area contributed by atoms with Crippen LogP contribution >= 0.6 is 0 Å². The Balaban J connectivity index is 1.48. The van der Waals surface area contributed by atoms with Crippen molar-refractivity contribution >= 4 is 44.0 Å². The first-order valence-corrected chi connectivity index (χ1v) is 13.8. The highest BCUT2D eigenvalue weighted by Gasteiger charge is 2.21. The summed E-state index contributed by atoms with van der Waals surface area (Å²) in [5.41, 5.74) is 13.2. The van der Waals surface area contributed by atoms with Crippen molar-refractivity contribution in [1.82, 2.24) is 0 Å². The van der Waals surface area contributed by atoms with Gasteiger partial charge in [-0.25, -0.2) is 0 Å².